The Bertz CT molecular complexity index is 473. The predicted octanol–water partition coefficient (Wildman–Crippen LogP) is 5.15. The third kappa shape index (κ3) is 2.12. The fraction of sp³-hybridized carbons (Fsp3) is 0.357. The highest BCUT2D eigenvalue weighted by molar-refractivity contribution is 7.19. The van der Waals surface area contributed by atoms with Gasteiger partial charge in [0.15, 0.2) is 0 Å². The topological polar surface area (TPSA) is 0 Å². The lowest BCUT2D eigenvalue weighted by Crippen LogP contribution is -1.93. The van der Waals surface area contributed by atoms with E-state index in [-0.39, 0.29) is 11.7 Å². The van der Waals surface area contributed by atoms with Gasteiger partial charge in [-0.15, -0.1) is 11.3 Å². The predicted molar refractivity (Wildman–Crippen MR) is 69.4 cm³/mol. The summed E-state index contributed by atoms with van der Waals surface area (Å²) in [5.74, 6) is 0.0362. The number of unbranched alkanes of at least 4 members (excludes halogenated alkanes) is 1. The second-order valence-corrected chi connectivity index (χ2v) is 5.20. The summed E-state index contributed by atoms with van der Waals surface area (Å²) in [6, 6.07) is 7.65. The van der Waals surface area contributed by atoms with Gasteiger partial charge in [0.2, 0.25) is 0 Å². The normalized spacial score (nSPS) is 13.2. The van der Waals surface area contributed by atoms with E-state index in [1.807, 2.05) is 24.3 Å². The average Bonchev–Trinajstić information content (AvgIpc) is 2.64. The van der Waals surface area contributed by atoms with Gasteiger partial charge in [0.1, 0.15) is 5.82 Å². The van der Waals surface area contributed by atoms with Crippen molar-refractivity contribution in [1.29, 1.82) is 0 Å². The van der Waals surface area contributed by atoms with Crippen LogP contribution in [0.15, 0.2) is 24.3 Å². The monoisotopic (exact) mass is 235 g/mol. The SMILES string of the molecule is [CH2]C(CCCC)c1sc2ccccc2c1F. The molecule has 1 heterocycles. The fourth-order valence-corrected chi connectivity index (χ4v) is 3.01. The molecule has 16 heavy (non-hydrogen) atoms. The van der Waals surface area contributed by atoms with Crippen LogP contribution >= 0.6 is 11.3 Å². The highest BCUT2D eigenvalue weighted by Gasteiger charge is 2.16. The zero-order valence-electron chi connectivity index (χ0n) is 9.50. The first-order chi connectivity index (χ1) is 7.74. The summed E-state index contributed by atoms with van der Waals surface area (Å²) in [7, 11) is 0. The molecule has 1 aromatic carbocycles. The van der Waals surface area contributed by atoms with Gasteiger partial charge in [0.05, 0.1) is 0 Å². The van der Waals surface area contributed by atoms with Crippen LogP contribution < -0.4 is 0 Å². The molecule has 0 saturated carbocycles. The average molecular weight is 235 g/mol. The number of halogens is 1. The molecule has 2 aromatic rings. The van der Waals surface area contributed by atoms with E-state index in [0.717, 1.165) is 34.2 Å². The first-order valence-corrected chi connectivity index (χ1v) is 6.55. The molecule has 0 saturated heterocycles. The van der Waals surface area contributed by atoms with E-state index in [1.54, 1.807) is 11.3 Å². The van der Waals surface area contributed by atoms with Gasteiger partial charge in [-0.25, -0.2) is 4.39 Å². The van der Waals surface area contributed by atoms with Crippen molar-refractivity contribution >= 4 is 21.4 Å². The summed E-state index contributed by atoms with van der Waals surface area (Å²) < 4.78 is 15.1. The van der Waals surface area contributed by atoms with Crippen LogP contribution in [0.3, 0.4) is 0 Å². The number of thiophene rings is 1. The van der Waals surface area contributed by atoms with Crippen molar-refractivity contribution < 1.29 is 4.39 Å². The van der Waals surface area contributed by atoms with Crippen molar-refractivity contribution in [2.24, 2.45) is 0 Å². The van der Waals surface area contributed by atoms with Crippen LogP contribution in [0.4, 0.5) is 4.39 Å². The second-order valence-electron chi connectivity index (χ2n) is 4.12. The number of hydrogen-bond donors (Lipinski definition) is 0. The van der Waals surface area contributed by atoms with Gasteiger partial charge in [-0.3, -0.25) is 0 Å². The maximum atomic E-state index is 14.1. The Hall–Kier alpha value is -0.890. The maximum Gasteiger partial charge on any atom is 0.145 e. The van der Waals surface area contributed by atoms with Gasteiger partial charge in [-0.05, 0) is 25.3 Å². The lowest BCUT2D eigenvalue weighted by atomic mass is 10.0. The summed E-state index contributed by atoms with van der Waals surface area (Å²) in [5.41, 5.74) is 0. The Morgan fingerprint density at radius 1 is 1.38 bits per heavy atom. The lowest BCUT2D eigenvalue weighted by Gasteiger charge is -2.07. The van der Waals surface area contributed by atoms with Gasteiger partial charge in [-0.1, -0.05) is 38.0 Å². The van der Waals surface area contributed by atoms with E-state index in [1.165, 1.54) is 0 Å². The minimum atomic E-state index is -0.0586. The van der Waals surface area contributed by atoms with Crippen LogP contribution in [0, 0.1) is 12.7 Å². The van der Waals surface area contributed by atoms with Crippen molar-refractivity contribution in [3.05, 3.63) is 41.9 Å². The zero-order valence-corrected chi connectivity index (χ0v) is 10.3. The molecule has 0 nitrogen and oxygen atoms in total. The van der Waals surface area contributed by atoms with Crippen LogP contribution in [0.2, 0.25) is 0 Å². The Balaban J connectivity index is 2.33. The van der Waals surface area contributed by atoms with Crippen molar-refractivity contribution in [1.82, 2.24) is 0 Å². The molecule has 0 aliphatic rings. The van der Waals surface area contributed by atoms with Gasteiger partial charge in [0, 0.05) is 15.0 Å². The van der Waals surface area contributed by atoms with Crippen LogP contribution in [0.25, 0.3) is 10.1 Å². The summed E-state index contributed by atoms with van der Waals surface area (Å²) in [4.78, 5) is 0.814. The van der Waals surface area contributed by atoms with Crippen molar-refractivity contribution in [2.45, 2.75) is 32.1 Å². The number of rotatable bonds is 4. The Labute approximate surface area is 100 Å². The van der Waals surface area contributed by atoms with Crippen LogP contribution in [-0.2, 0) is 0 Å². The fourth-order valence-electron chi connectivity index (χ4n) is 1.88. The van der Waals surface area contributed by atoms with Crippen molar-refractivity contribution in [2.75, 3.05) is 0 Å². The number of fused-ring (bicyclic) bond motifs is 1. The quantitative estimate of drug-likeness (QED) is 0.687. The van der Waals surface area contributed by atoms with E-state index in [2.05, 4.69) is 13.8 Å². The molecular formula is C14H16FS. The largest absolute Gasteiger partial charge is 0.205 e. The van der Waals surface area contributed by atoms with Crippen LogP contribution in [-0.4, -0.2) is 0 Å². The van der Waals surface area contributed by atoms with E-state index < -0.39 is 0 Å². The molecule has 0 amide bonds. The molecule has 0 aliphatic carbocycles. The molecule has 1 atom stereocenters. The van der Waals surface area contributed by atoms with Crippen LogP contribution in [0.5, 0.6) is 0 Å². The van der Waals surface area contributed by atoms with Gasteiger partial charge in [0.25, 0.3) is 0 Å². The summed E-state index contributed by atoms with van der Waals surface area (Å²) >= 11 is 1.54. The summed E-state index contributed by atoms with van der Waals surface area (Å²) in [5, 5.41) is 0.743. The Morgan fingerprint density at radius 2 is 2.12 bits per heavy atom. The minimum absolute atomic E-state index is 0.0586. The van der Waals surface area contributed by atoms with E-state index >= 15 is 0 Å². The van der Waals surface area contributed by atoms with Gasteiger partial charge in [-0.2, -0.15) is 0 Å². The highest BCUT2D eigenvalue weighted by Crippen LogP contribution is 2.36. The molecule has 0 fully saturated rings. The molecule has 0 aliphatic heterocycles. The molecule has 0 N–H and O–H groups in total. The number of hydrogen-bond acceptors (Lipinski definition) is 1. The van der Waals surface area contributed by atoms with E-state index in [0.29, 0.717) is 0 Å². The van der Waals surface area contributed by atoms with Crippen LogP contribution in [0.1, 0.15) is 37.0 Å². The number of benzene rings is 1. The van der Waals surface area contributed by atoms with E-state index in [9.17, 15) is 4.39 Å². The van der Waals surface area contributed by atoms with Crippen molar-refractivity contribution in [3.63, 3.8) is 0 Å². The maximum absolute atomic E-state index is 14.1. The summed E-state index contributed by atoms with van der Waals surface area (Å²) in [6.07, 6.45) is 3.22. The smallest absolute Gasteiger partial charge is 0.145 e. The molecule has 1 radical (unpaired) electrons. The first-order valence-electron chi connectivity index (χ1n) is 5.74. The molecule has 2 heteroatoms. The van der Waals surface area contributed by atoms with Gasteiger partial charge < -0.3 is 0 Å². The summed E-state index contributed by atoms with van der Waals surface area (Å²) in [6.45, 7) is 6.22. The molecule has 0 bridgehead atoms. The van der Waals surface area contributed by atoms with Crippen molar-refractivity contribution in [3.8, 4) is 0 Å². The molecule has 85 valence electrons. The third-order valence-corrected chi connectivity index (χ3v) is 4.15. The highest BCUT2D eigenvalue weighted by atomic mass is 32.1. The standard InChI is InChI=1S/C14H16FS/c1-3-4-7-10(2)14-13(15)11-8-5-6-9-12(11)16-14/h5-6,8-10H,2-4,7H2,1H3. The molecule has 2 rings (SSSR count). The Kier molecular flexibility index (Phi) is 3.59. The Morgan fingerprint density at radius 3 is 2.81 bits per heavy atom. The second kappa shape index (κ2) is 4.96. The molecule has 1 aromatic heterocycles. The van der Waals surface area contributed by atoms with E-state index in [4.69, 9.17) is 0 Å². The molecule has 1 unspecified atom stereocenters. The van der Waals surface area contributed by atoms with Gasteiger partial charge >= 0.3 is 0 Å². The molecular weight excluding hydrogens is 219 g/mol. The third-order valence-electron chi connectivity index (χ3n) is 2.84. The lowest BCUT2D eigenvalue weighted by molar-refractivity contribution is 0.597. The molecule has 0 spiro atoms. The minimum Gasteiger partial charge on any atom is -0.205 e. The first kappa shape index (κ1) is 11.6. The zero-order chi connectivity index (χ0) is 11.5.